The number of carbonyl (C=O) groups excluding carboxylic acids is 3. The molecule has 1 heterocycles. The Morgan fingerprint density at radius 1 is 1.12 bits per heavy atom. The summed E-state index contributed by atoms with van der Waals surface area (Å²) in [6.45, 7) is 2.25. The zero-order valence-corrected chi connectivity index (χ0v) is 14.0. The van der Waals surface area contributed by atoms with Crippen molar-refractivity contribution in [3.05, 3.63) is 36.4 Å². The quantitative estimate of drug-likeness (QED) is 0.655. The van der Waals surface area contributed by atoms with E-state index in [-0.39, 0.29) is 47.9 Å². The number of allylic oxidation sites excluding steroid dienone is 2. The van der Waals surface area contributed by atoms with Crippen LogP contribution in [0.5, 0.6) is 5.75 Å². The topological polar surface area (TPSA) is 75.7 Å². The fourth-order valence-electron chi connectivity index (χ4n) is 4.27. The highest BCUT2D eigenvalue weighted by Gasteiger charge is 2.59. The van der Waals surface area contributed by atoms with E-state index >= 15 is 0 Å². The first-order valence-corrected chi connectivity index (χ1v) is 8.64. The molecule has 4 rings (SSSR count). The molecule has 3 amide bonds. The molecule has 25 heavy (non-hydrogen) atoms. The molecule has 0 radical (unpaired) electrons. The van der Waals surface area contributed by atoms with Gasteiger partial charge in [0.2, 0.25) is 17.7 Å². The molecule has 6 nitrogen and oxygen atoms in total. The van der Waals surface area contributed by atoms with E-state index in [2.05, 4.69) is 5.32 Å². The third-order valence-electron chi connectivity index (χ3n) is 5.31. The number of hydrogen-bond acceptors (Lipinski definition) is 4. The molecular formula is C19H20N2O4. The number of rotatable bonds is 5. The summed E-state index contributed by atoms with van der Waals surface area (Å²) in [4.78, 5) is 38.5. The highest BCUT2D eigenvalue weighted by atomic mass is 16.5. The minimum atomic E-state index is -0.369. The number of anilines is 1. The molecule has 2 aliphatic carbocycles. The molecule has 130 valence electrons. The molecule has 0 aromatic heterocycles. The van der Waals surface area contributed by atoms with Gasteiger partial charge in [-0.15, -0.1) is 0 Å². The second-order valence-electron chi connectivity index (χ2n) is 6.77. The van der Waals surface area contributed by atoms with Crippen molar-refractivity contribution in [2.75, 3.05) is 18.5 Å². The summed E-state index contributed by atoms with van der Waals surface area (Å²) in [5.41, 5.74) is 0.606. The van der Waals surface area contributed by atoms with Crippen molar-refractivity contribution in [3.63, 3.8) is 0 Å². The third-order valence-corrected chi connectivity index (χ3v) is 5.31. The van der Waals surface area contributed by atoms with Crippen LogP contribution in [0.3, 0.4) is 0 Å². The molecule has 1 N–H and O–H groups in total. The van der Waals surface area contributed by atoms with Gasteiger partial charge in [0.1, 0.15) is 12.3 Å². The standard InChI is InChI=1S/C19H20N2O4/c1-2-25-14-7-5-13(6-8-14)20-15(22)10-21-18(23)16-11-3-4-12(9-11)17(16)19(21)24/h3-8,11-12,16-17H,2,9-10H2,1H3,(H,20,22)/t11-,12-,16-,17+/m0/s1. The van der Waals surface area contributed by atoms with E-state index in [1.807, 2.05) is 19.1 Å². The van der Waals surface area contributed by atoms with Gasteiger partial charge in [-0.2, -0.15) is 0 Å². The zero-order valence-electron chi connectivity index (χ0n) is 14.0. The predicted molar refractivity (Wildman–Crippen MR) is 90.7 cm³/mol. The summed E-state index contributed by atoms with van der Waals surface area (Å²) < 4.78 is 5.35. The first kappa shape index (κ1) is 15.9. The maximum Gasteiger partial charge on any atom is 0.244 e. The first-order chi connectivity index (χ1) is 12.1. The van der Waals surface area contributed by atoms with Crippen LogP contribution in [0.2, 0.25) is 0 Å². The first-order valence-electron chi connectivity index (χ1n) is 8.64. The summed E-state index contributed by atoms with van der Waals surface area (Å²) >= 11 is 0. The average molecular weight is 340 g/mol. The Bertz CT molecular complexity index is 725. The van der Waals surface area contributed by atoms with Gasteiger partial charge in [0, 0.05) is 5.69 Å². The molecule has 2 bridgehead atoms. The molecular weight excluding hydrogens is 320 g/mol. The van der Waals surface area contributed by atoms with Gasteiger partial charge in [-0.25, -0.2) is 0 Å². The normalized spacial score (nSPS) is 29.2. The number of imide groups is 1. The van der Waals surface area contributed by atoms with Crippen molar-refractivity contribution in [1.29, 1.82) is 0 Å². The minimum Gasteiger partial charge on any atom is -0.494 e. The van der Waals surface area contributed by atoms with Crippen LogP contribution < -0.4 is 10.1 Å². The molecule has 4 atom stereocenters. The van der Waals surface area contributed by atoms with Crippen molar-refractivity contribution in [2.45, 2.75) is 13.3 Å². The Balaban J connectivity index is 1.40. The Morgan fingerprint density at radius 3 is 2.28 bits per heavy atom. The van der Waals surface area contributed by atoms with E-state index in [1.165, 1.54) is 0 Å². The van der Waals surface area contributed by atoms with Crippen molar-refractivity contribution in [2.24, 2.45) is 23.7 Å². The van der Waals surface area contributed by atoms with E-state index in [0.29, 0.717) is 12.3 Å². The van der Waals surface area contributed by atoms with Crippen LogP contribution >= 0.6 is 0 Å². The number of likely N-dealkylation sites (tertiary alicyclic amines) is 1. The van der Waals surface area contributed by atoms with Crippen LogP contribution in [0.25, 0.3) is 0 Å². The maximum absolute atomic E-state index is 12.6. The van der Waals surface area contributed by atoms with Crippen LogP contribution in [0.4, 0.5) is 5.69 Å². The summed E-state index contributed by atoms with van der Waals surface area (Å²) in [6, 6.07) is 6.99. The number of fused-ring (bicyclic) bond motifs is 5. The Morgan fingerprint density at radius 2 is 1.72 bits per heavy atom. The highest BCUT2D eigenvalue weighted by Crippen LogP contribution is 2.52. The van der Waals surface area contributed by atoms with Gasteiger partial charge in [0.25, 0.3) is 0 Å². The Labute approximate surface area is 145 Å². The van der Waals surface area contributed by atoms with Crippen molar-refractivity contribution in [1.82, 2.24) is 4.90 Å². The number of nitrogens with one attached hydrogen (secondary N) is 1. The SMILES string of the molecule is CCOc1ccc(NC(=O)CN2C(=O)[C@@H]3[C@H](C2=O)[C@H]2C=C[C@H]3C2)cc1. The second kappa shape index (κ2) is 6.02. The summed E-state index contributed by atoms with van der Waals surface area (Å²) in [7, 11) is 0. The van der Waals surface area contributed by atoms with Gasteiger partial charge in [-0.1, -0.05) is 12.2 Å². The summed E-state index contributed by atoms with van der Waals surface area (Å²) in [6.07, 6.45) is 4.97. The summed E-state index contributed by atoms with van der Waals surface area (Å²) in [5.74, 6) is -0.257. The van der Waals surface area contributed by atoms with E-state index in [0.717, 1.165) is 17.1 Å². The molecule has 0 unspecified atom stereocenters. The fraction of sp³-hybridized carbons (Fsp3) is 0.421. The number of amides is 3. The molecule has 0 spiro atoms. The average Bonchev–Trinajstić information content (AvgIpc) is 3.27. The highest BCUT2D eigenvalue weighted by molar-refractivity contribution is 6.09. The lowest BCUT2D eigenvalue weighted by molar-refractivity contribution is -0.143. The number of carbonyl (C=O) groups is 3. The smallest absolute Gasteiger partial charge is 0.244 e. The molecule has 1 saturated heterocycles. The van der Waals surface area contributed by atoms with Crippen molar-refractivity contribution in [3.8, 4) is 5.75 Å². The van der Waals surface area contributed by atoms with Gasteiger partial charge in [-0.3, -0.25) is 19.3 Å². The predicted octanol–water partition coefficient (Wildman–Crippen LogP) is 1.83. The molecule has 1 aliphatic heterocycles. The molecule has 1 aromatic rings. The summed E-state index contributed by atoms with van der Waals surface area (Å²) in [5, 5.41) is 2.73. The zero-order chi connectivity index (χ0) is 17.6. The monoisotopic (exact) mass is 340 g/mol. The molecule has 6 heteroatoms. The van der Waals surface area contributed by atoms with Crippen molar-refractivity contribution >= 4 is 23.4 Å². The number of hydrogen-bond donors (Lipinski definition) is 1. The Kier molecular flexibility index (Phi) is 3.82. The van der Waals surface area contributed by atoms with Crippen LogP contribution in [0.1, 0.15) is 13.3 Å². The number of benzene rings is 1. The second-order valence-corrected chi connectivity index (χ2v) is 6.77. The van der Waals surface area contributed by atoms with E-state index < -0.39 is 0 Å². The van der Waals surface area contributed by atoms with Crippen LogP contribution in [-0.2, 0) is 14.4 Å². The lowest BCUT2D eigenvalue weighted by atomic mass is 9.85. The number of ether oxygens (including phenoxy) is 1. The molecule has 1 saturated carbocycles. The van der Waals surface area contributed by atoms with Gasteiger partial charge in [-0.05, 0) is 49.4 Å². The molecule has 1 aromatic carbocycles. The van der Waals surface area contributed by atoms with Crippen LogP contribution in [-0.4, -0.2) is 35.8 Å². The van der Waals surface area contributed by atoms with Crippen LogP contribution in [0.15, 0.2) is 36.4 Å². The van der Waals surface area contributed by atoms with Crippen molar-refractivity contribution < 1.29 is 19.1 Å². The third kappa shape index (κ3) is 2.62. The lowest BCUT2D eigenvalue weighted by Crippen LogP contribution is -2.39. The lowest BCUT2D eigenvalue weighted by Gasteiger charge is -2.16. The van der Waals surface area contributed by atoms with Gasteiger partial charge in [0.15, 0.2) is 0 Å². The molecule has 2 fully saturated rings. The fourth-order valence-corrected chi connectivity index (χ4v) is 4.27. The number of nitrogens with zero attached hydrogens (tertiary/aromatic N) is 1. The largest absolute Gasteiger partial charge is 0.494 e. The van der Waals surface area contributed by atoms with E-state index in [1.54, 1.807) is 24.3 Å². The van der Waals surface area contributed by atoms with Gasteiger partial charge < -0.3 is 10.1 Å². The van der Waals surface area contributed by atoms with Crippen LogP contribution in [0, 0.1) is 23.7 Å². The Hall–Kier alpha value is -2.63. The minimum absolute atomic E-state index is 0.158. The van der Waals surface area contributed by atoms with E-state index in [9.17, 15) is 14.4 Å². The van der Waals surface area contributed by atoms with E-state index in [4.69, 9.17) is 4.74 Å². The van der Waals surface area contributed by atoms with Gasteiger partial charge >= 0.3 is 0 Å². The maximum atomic E-state index is 12.6. The molecule has 3 aliphatic rings. The van der Waals surface area contributed by atoms with Gasteiger partial charge in [0.05, 0.1) is 18.4 Å².